The lowest BCUT2D eigenvalue weighted by atomic mass is 10.1. The number of ether oxygens (including phenoxy) is 1. The fourth-order valence-electron chi connectivity index (χ4n) is 3.15. The fraction of sp³-hybridized carbons (Fsp3) is 0.200. The van der Waals surface area contributed by atoms with Crippen molar-refractivity contribution in [2.45, 2.75) is 13.3 Å². The van der Waals surface area contributed by atoms with Crippen LogP contribution in [0.3, 0.4) is 0 Å². The van der Waals surface area contributed by atoms with Gasteiger partial charge in [-0.25, -0.2) is 14.6 Å². The number of carbonyl (C=O) groups is 2. The van der Waals surface area contributed by atoms with Gasteiger partial charge in [0.2, 0.25) is 5.95 Å². The van der Waals surface area contributed by atoms with E-state index in [4.69, 9.17) is 16.3 Å². The Balaban J connectivity index is 1.60. The van der Waals surface area contributed by atoms with Crippen molar-refractivity contribution < 1.29 is 19.4 Å². The molecule has 9 nitrogen and oxygen atoms in total. The molecule has 1 amide bonds. The third kappa shape index (κ3) is 4.25. The number of aryl methyl sites for hydroxylation is 1. The molecule has 0 bridgehead atoms. The number of anilines is 5. The van der Waals surface area contributed by atoms with Crippen LogP contribution in [-0.4, -0.2) is 40.8 Å². The maximum atomic E-state index is 11.9. The maximum absolute atomic E-state index is 11.9. The zero-order valence-corrected chi connectivity index (χ0v) is 18.2. The molecule has 1 aliphatic rings. The van der Waals surface area contributed by atoms with Crippen molar-refractivity contribution in [2.75, 3.05) is 29.2 Å². The third-order valence-electron chi connectivity index (χ3n) is 4.72. The Labute approximate surface area is 186 Å². The molecule has 0 unspecified atom stereocenters. The molecule has 0 atom stereocenters. The van der Waals surface area contributed by atoms with Gasteiger partial charge in [0.25, 0.3) is 0 Å². The molecule has 3 N–H and O–H groups in total. The molecule has 3 aromatic rings. The van der Waals surface area contributed by atoms with Crippen LogP contribution >= 0.6 is 22.9 Å². The van der Waals surface area contributed by atoms with Crippen molar-refractivity contribution in [1.29, 1.82) is 0 Å². The number of fused-ring (bicyclic) bond motifs is 1. The molecule has 0 saturated carbocycles. The van der Waals surface area contributed by atoms with Gasteiger partial charge in [0, 0.05) is 19.2 Å². The van der Waals surface area contributed by atoms with Gasteiger partial charge in [-0.3, -0.25) is 4.90 Å². The fourth-order valence-corrected chi connectivity index (χ4v) is 4.14. The molecule has 11 heteroatoms. The van der Waals surface area contributed by atoms with Crippen molar-refractivity contribution in [3.63, 3.8) is 0 Å². The average Bonchev–Trinajstić information content (AvgIpc) is 3.03. The van der Waals surface area contributed by atoms with E-state index in [0.717, 1.165) is 33.8 Å². The molecule has 0 aliphatic carbocycles. The van der Waals surface area contributed by atoms with E-state index >= 15 is 0 Å². The summed E-state index contributed by atoms with van der Waals surface area (Å²) in [5.41, 5.74) is 3.68. The summed E-state index contributed by atoms with van der Waals surface area (Å²) in [5.74, 6) is -0.455. The first-order valence-corrected chi connectivity index (χ1v) is 10.5. The van der Waals surface area contributed by atoms with Gasteiger partial charge in [0.1, 0.15) is 9.90 Å². The van der Waals surface area contributed by atoms with Crippen LogP contribution in [0.5, 0.6) is 0 Å². The van der Waals surface area contributed by atoms with Gasteiger partial charge in [-0.1, -0.05) is 11.6 Å². The topological polar surface area (TPSA) is 117 Å². The van der Waals surface area contributed by atoms with Crippen molar-refractivity contribution in [3.8, 4) is 0 Å². The number of cyclic esters (lactones) is 1. The van der Waals surface area contributed by atoms with Crippen molar-refractivity contribution >= 4 is 63.8 Å². The lowest BCUT2D eigenvalue weighted by Crippen LogP contribution is -2.25. The standard InChI is InChI=1S/C20H18ClN5O4S/c1-10-9-31-16(18(27)28)15(10)24-17-13(21)8-22-19(25-17)23-12-3-4-14-11(7-12)5-6-30-20(29)26(14)2/h3-4,7-9H,5-6H2,1-2H3,(H,27,28)(H2,22,23,24,25). The van der Waals surface area contributed by atoms with E-state index in [1.165, 1.54) is 11.1 Å². The maximum Gasteiger partial charge on any atom is 0.414 e. The van der Waals surface area contributed by atoms with Crippen LogP contribution < -0.4 is 15.5 Å². The number of thiophene rings is 1. The van der Waals surface area contributed by atoms with Gasteiger partial charge in [-0.15, -0.1) is 11.3 Å². The summed E-state index contributed by atoms with van der Waals surface area (Å²) in [5, 5.41) is 17.5. The van der Waals surface area contributed by atoms with Crippen LogP contribution in [0.15, 0.2) is 29.8 Å². The Bertz CT molecular complexity index is 1180. The summed E-state index contributed by atoms with van der Waals surface area (Å²) >= 11 is 7.36. The number of amides is 1. The van der Waals surface area contributed by atoms with E-state index in [0.29, 0.717) is 18.7 Å². The molecule has 1 aliphatic heterocycles. The number of halogens is 1. The van der Waals surface area contributed by atoms with E-state index in [1.54, 1.807) is 19.4 Å². The summed E-state index contributed by atoms with van der Waals surface area (Å²) in [6, 6.07) is 5.54. The van der Waals surface area contributed by atoms with Crippen LogP contribution in [0.25, 0.3) is 0 Å². The number of benzene rings is 1. The number of rotatable bonds is 5. The zero-order valence-electron chi connectivity index (χ0n) is 16.6. The molecule has 2 aromatic heterocycles. The van der Waals surface area contributed by atoms with Crippen molar-refractivity contribution in [2.24, 2.45) is 0 Å². The number of hydrogen-bond donors (Lipinski definition) is 3. The quantitative estimate of drug-likeness (QED) is 0.497. The summed E-state index contributed by atoms with van der Waals surface area (Å²) in [4.78, 5) is 33.6. The van der Waals surface area contributed by atoms with E-state index in [9.17, 15) is 14.7 Å². The van der Waals surface area contributed by atoms with Crippen molar-refractivity contribution in [3.05, 3.63) is 50.8 Å². The second kappa shape index (κ2) is 8.40. The highest BCUT2D eigenvalue weighted by molar-refractivity contribution is 7.12. The Morgan fingerprint density at radius 3 is 2.94 bits per heavy atom. The average molecular weight is 460 g/mol. The summed E-state index contributed by atoms with van der Waals surface area (Å²) in [6.45, 7) is 2.11. The number of nitrogens with zero attached hydrogens (tertiary/aromatic N) is 3. The van der Waals surface area contributed by atoms with Crippen LogP contribution in [-0.2, 0) is 11.2 Å². The summed E-state index contributed by atoms with van der Waals surface area (Å²) in [7, 11) is 1.66. The molecule has 160 valence electrons. The normalized spacial score (nSPS) is 13.3. The second-order valence-corrected chi connectivity index (χ2v) is 8.12. The van der Waals surface area contributed by atoms with Gasteiger partial charge in [0.15, 0.2) is 5.82 Å². The lowest BCUT2D eigenvalue weighted by Gasteiger charge is -2.17. The SMILES string of the molecule is Cc1csc(C(=O)O)c1Nc1nc(Nc2ccc3c(c2)CCOC(=O)N3C)ncc1Cl. The molecule has 0 spiro atoms. The van der Waals surface area contributed by atoms with Crippen LogP contribution in [0.1, 0.15) is 20.8 Å². The molecule has 0 radical (unpaired) electrons. The summed E-state index contributed by atoms with van der Waals surface area (Å²) in [6.07, 6.45) is 1.64. The van der Waals surface area contributed by atoms with Gasteiger partial charge in [-0.05, 0) is 41.6 Å². The van der Waals surface area contributed by atoms with Crippen LogP contribution in [0.2, 0.25) is 5.02 Å². The highest BCUT2D eigenvalue weighted by Crippen LogP contribution is 2.33. The number of carbonyl (C=O) groups excluding carboxylic acids is 1. The Kier molecular flexibility index (Phi) is 5.66. The Morgan fingerprint density at radius 1 is 1.35 bits per heavy atom. The zero-order chi connectivity index (χ0) is 22.1. The van der Waals surface area contributed by atoms with Gasteiger partial charge in [0.05, 0.1) is 24.2 Å². The smallest absolute Gasteiger partial charge is 0.414 e. The Hall–Kier alpha value is -3.37. The van der Waals surface area contributed by atoms with E-state index in [2.05, 4.69) is 20.6 Å². The molecule has 31 heavy (non-hydrogen) atoms. The van der Waals surface area contributed by atoms with Crippen LogP contribution in [0, 0.1) is 6.92 Å². The molecule has 0 saturated heterocycles. The number of carboxylic acid groups (broad SMARTS) is 1. The highest BCUT2D eigenvalue weighted by atomic mass is 35.5. The van der Waals surface area contributed by atoms with E-state index in [1.807, 2.05) is 18.2 Å². The van der Waals surface area contributed by atoms with Gasteiger partial charge < -0.3 is 20.5 Å². The third-order valence-corrected chi connectivity index (χ3v) is 6.09. The number of aromatic nitrogens is 2. The number of aromatic carboxylic acids is 1. The van der Waals surface area contributed by atoms with Crippen LogP contribution in [0.4, 0.5) is 33.6 Å². The molecule has 1 aromatic carbocycles. The van der Waals surface area contributed by atoms with Gasteiger partial charge >= 0.3 is 12.1 Å². The first-order valence-electron chi connectivity index (χ1n) is 9.25. The van der Waals surface area contributed by atoms with E-state index in [-0.39, 0.29) is 27.8 Å². The first-order chi connectivity index (χ1) is 14.8. The number of carboxylic acids is 1. The molecule has 3 heterocycles. The van der Waals surface area contributed by atoms with E-state index < -0.39 is 5.97 Å². The predicted molar refractivity (Wildman–Crippen MR) is 120 cm³/mol. The Morgan fingerprint density at radius 2 is 2.16 bits per heavy atom. The molecular weight excluding hydrogens is 442 g/mol. The number of nitrogens with one attached hydrogen (secondary N) is 2. The first kappa shape index (κ1) is 20.9. The van der Waals surface area contributed by atoms with Crippen molar-refractivity contribution in [1.82, 2.24) is 9.97 Å². The molecule has 0 fully saturated rings. The minimum absolute atomic E-state index is 0.174. The molecule has 4 rings (SSSR count). The minimum atomic E-state index is -1.03. The number of hydrogen-bond acceptors (Lipinski definition) is 8. The highest BCUT2D eigenvalue weighted by Gasteiger charge is 2.21. The monoisotopic (exact) mass is 459 g/mol. The van der Waals surface area contributed by atoms with Gasteiger partial charge in [-0.2, -0.15) is 4.98 Å². The lowest BCUT2D eigenvalue weighted by molar-refractivity contribution is 0.0703. The minimum Gasteiger partial charge on any atom is -0.477 e. The predicted octanol–water partition coefficient (Wildman–Crippen LogP) is 4.81. The second-order valence-electron chi connectivity index (χ2n) is 6.84. The summed E-state index contributed by atoms with van der Waals surface area (Å²) < 4.78 is 5.15. The molecular formula is C20H18ClN5O4S. The largest absolute Gasteiger partial charge is 0.477 e.